The maximum Gasteiger partial charge on any atom is 0.274 e. The third-order valence-electron chi connectivity index (χ3n) is 6.08. The lowest BCUT2D eigenvalue weighted by atomic mass is 9.81. The molecule has 1 aromatic carbocycles. The van der Waals surface area contributed by atoms with Crippen LogP contribution in [0.4, 0.5) is 0 Å². The molecule has 2 aliphatic carbocycles. The normalized spacial score (nSPS) is 25.4. The molecule has 4 nitrogen and oxygen atoms in total. The number of carbonyl (C=O) groups excluding carboxylic acids is 1. The number of amidine groups is 1. The van der Waals surface area contributed by atoms with Crippen LogP contribution in [0.3, 0.4) is 0 Å². The summed E-state index contributed by atoms with van der Waals surface area (Å²) in [6, 6.07) is 10.2. The number of hydrogen-bond donors (Lipinski definition) is 0. The standard InChI is InChI=1S/C25H26N2O2/c28-24-25(16-19-8-3-1-4-9-19,17-20-10-5-2-6-11-20)27-15-7-12-22(23(27)26-24)29-18-21-13-14-21/h1,3-5,7-12,15,21H,2,6,13-14,16-18H2. The van der Waals surface area contributed by atoms with Crippen LogP contribution in [0.15, 0.2) is 83.2 Å². The summed E-state index contributed by atoms with van der Waals surface area (Å²) in [6.45, 7) is 0.709. The number of hydrogen-bond acceptors (Lipinski definition) is 3. The van der Waals surface area contributed by atoms with Gasteiger partial charge in [0.05, 0.1) is 6.61 Å². The molecule has 29 heavy (non-hydrogen) atoms. The van der Waals surface area contributed by atoms with Crippen molar-refractivity contribution in [2.45, 2.75) is 44.1 Å². The van der Waals surface area contributed by atoms with Crippen molar-refractivity contribution in [1.82, 2.24) is 4.90 Å². The second-order valence-electron chi connectivity index (χ2n) is 8.37. The first kappa shape index (κ1) is 18.2. The summed E-state index contributed by atoms with van der Waals surface area (Å²) in [6.07, 6.45) is 18.3. The van der Waals surface area contributed by atoms with Crippen LogP contribution in [-0.2, 0) is 16.0 Å². The van der Waals surface area contributed by atoms with Gasteiger partial charge in [-0.05, 0) is 54.9 Å². The Morgan fingerprint density at radius 2 is 2.00 bits per heavy atom. The number of benzene rings is 1. The van der Waals surface area contributed by atoms with Gasteiger partial charge < -0.3 is 9.64 Å². The highest BCUT2D eigenvalue weighted by atomic mass is 16.5. The Bertz CT molecular complexity index is 950. The molecule has 0 aromatic heterocycles. The molecule has 1 aromatic rings. The van der Waals surface area contributed by atoms with Crippen molar-refractivity contribution < 1.29 is 9.53 Å². The second kappa shape index (κ2) is 7.51. The zero-order valence-electron chi connectivity index (χ0n) is 16.6. The van der Waals surface area contributed by atoms with Gasteiger partial charge >= 0.3 is 0 Å². The molecule has 2 aliphatic heterocycles. The Morgan fingerprint density at radius 3 is 2.76 bits per heavy atom. The average Bonchev–Trinajstić information content (AvgIpc) is 3.54. The van der Waals surface area contributed by atoms with Crippen molar-refractivity contribution in [2.75, 3.05) is 6.61 Å². The highest BCUT2D eigenvalue weighted by Gasteiger charge is 2.51. The molecule has 4 heteroatoms. The molecule has 2 heterocycles. The largest absolute Gasteiger partial charge is 0.489 e. The van der Waals surface area contributed by atoms with Crippen LogP contribution in [0.2, 0.25) is 0 Å². The number of ether oxygens (including phenoxy) is 1. The first-order chi connectivity index (χ1) is 14.2. The van der Waals surface area contributed by atoms with Gasteiger partial charge in [0.15, 0.2) is 11.6 Å². The summed E-state index contributed by atoms with van der Waals surface area (Å²) < 4.78 is 6.06. The van der Waals surface area contributed by atoms with Crippen molar-refractivity contribution in [3.63, 3.8) is 0 Å². The van der Waals surface area contributed by atoms with E-state index in [0.717, 1.165) is 24.2 Å². The maximum absolute atomic E-state index is 13.4. The second-order valence-corrected chi connectivity index (χ2v) is 8.37. The zero-order valence-corrected chi connectivity index (χ0v) is 16.6. The summed E-state index contributed by atoms with van der Waals surface area (Å²) in [5.74, 6) is 1.95. The van der Waals surface area contributed by atoms with Gasteiger partial charge in [-0.25, -0.2) is 0 Å². The first-order valence-corrected chi connectivity index (χ1v) is 10.6. The van der Waals surface area contributed by atoms with Gasteiger partial charge in [0.2, 0.25) is 0 Å². The number of fused-ring (bicyclic) bond motifs is 1. The van der Waals surface area contributed by atoms with Crippen LogP contribution in [0.25, 0.3) is 0 Å². The van der Waals surface area contributed by atoms with E-state index in [9.17, 15) is 4.79 Å². The number of allylic oxidation sites excluding steroid dienone is 5. The van der Waals surface area contributed by atoms with E-state index in [1.165, 1.54) is 18.4 Å². The summed E-state index contributed by atoms with van der Waals surface area (Å²) in [4.78, 5) is 20.0. The third kappa shape index (κ3) is 3.59. The molecule has 0 N–H and O–H groups in total. The summed E-state index contributed by atoms with van der Waals surface area (Å²) in [7, 11) is 0. The fourth-order valence-corrected chi connectivity index (χ4v) is 4.30. The fourth-order valence-electron chi connectivity index (χ4n) is 4.30. The van der Waals surface area contributed by atoms with Crippen LogP contribution < -0.4 is 0 Å². The summed E-state index contributed by atoms with van der Waals surface area (Å²) in [5, 5.41) is 0. The van der Waals surface area contributed by atoms with E-state index in [0.29, 0.717) is 31.2 Å². The van der Waals surface area contributed by atoms with Crippen LogP contribution in [0.5, 0.6) is 0 Å². The minimum absolute atomic E-state index is 0.0799. The van der Waals surface area contributed by atoms with E-state index in [2.05, 4.69) is 40.3 Å². The SMILES string of the molecule is O=C1N=C2C(OCC3CC3)=CC=CN2C1(CC1=CCCC=C1)Cc1ccccc1. The average molecular weight is 386 g/mol. The highest BCUT2D eigenvalue weighted by Crippen LogP contribution is 2.39. The molecule has 1 unspecified atom stereocenters. The van der Waals surface area contributed by atoms with E-state index >= 15 is 0 Å². The van der Waals surface area contributed by atoms with Gasteiger partial charge in [0.25, 0.3) is 5.91 Å². The number of rotatable bonds is 7. The summed E-state index contributed by atoms with van der Waals surface area (Å²) in [5.41, 5.74) is 1.60. The molecule has 4 aliphatic rings. The Labute approximate surface area is 172 Å². The predicted octanol–water partition coefficient (Wildman–Crippen LogP) is 4.71. The predicted molar refractivity (Wildman–Crippen MR) is 114 cm³/mol. The molecule has 5 rings (SSSR count). The molecule has 1 atom stereocenters. The highest BCUT2D eigenvalue weighted by molar-refractivity contribution is 6.14. The fraction of sp³-hybridized carbons (Fsp3) is 0.360. The molecular weight excluding hydrogens is 360 g/mol. The van der Waals surface area contributed by atoms with Gasteiger partial charge in [0, 0.05) is 19.0 Å². The Balaban J connectivity index is 1.48. The first-order valence-electron chi connectivity index (χ1n) is 10.6. The van der Waals surface area contributed by atoms with E-state index in [4.69, 9.17) is 4.74 Å². The number of nitrogens with zero attached hydrogens (tertiary/aromatic N) is 2. The zero-order chi connectivity index (χ0) is 19.7. The quantitative estimate of drug-likeness (QED) is 0.681. The Morgan fingerprint density at radius 1 is 1.14 bits per heavy atom. The van der Waals surface area contributed by atoms with Crippen molar-refractivity contribution in [1.29, 1.82) is 0 Å². The lowest BCUT2D eigenvalue weighted by Crippen LogP contribution is -2.52. The molecule has 148 valence electrons. The van der Waals surface area contributed by atoms with Gasteiger partial charge in [-0.1, -0.05) is 48.6 Å². The molecule has 0 spiro atoms. The lowest BCUT2D eigenvalue weighted by Gasteiger charge is -2.38. The smallest absolute Gasteiger partial charge is 0.274 e. The molecule has 1 saturated carbocycles. The van der Waals surface area contributed by atoms with Gasteiger partial charge in [-0.15, -0.1) is 0 Å². The van der Waals surface area contributed by atoms with Crippen LogP contribution in [-0.4, -0.2) is 28.8 Å². The van der Waals surface area contributed by atoms with E-state index in [1.807, 2.05) is 36.6 Å². The van der Waals surface area contributed by atoms with E-state index < -0.39 is 5.54 Å². The summed E-state index contributed by atoms with van der Waals surface area (Å²) >= 11 is 0. The maximum atomic E-state index is 13.4. The van der Waals surface area contributed by atoms with Crippen LogP contribution in [0.1, 0.15) is 37.7 Å². The van der Waals surface area contributed by atoms with Crippen molar-refractivity contribution in [3.8, 4) is 0 Å². The van der Waals surface area contributed by atoms with Crippen molar-refractivity contribution in [3.05, 3.63) is 83.8 Å². The van der Waals surface area contributed by atoms with Crippen LogP contribution in [0, 0.1) is 5.92 Å². The van der Waals surface area contributed by atoms with Crippen molar-refractivity contribution in [2.24, 2.45) is 10.9 Å². The molecule has 0 radical (unpaired) electrons. The van der Waals surface area contributed by atoms with E-state index in [-0.39, 0.29) is 5.91 Å². The molecule has 1 fully saturated rings. The van der Waals surface area contributed by atoms with Gasteiger partial charge in [-0.3, -0.25) is 4.79 Å². The Hall–Kier alpha value is -2.88. The topological polar surface area (TPSA) is 41.9 Å². The minimum atomic E-state index is -0.747. The molecule has 0 saturated heterocycles. The van der Waals surface area contributed by atoms with E-state index in [1.54, 1.807) is 0 Å². The molecule has 0 bridgehead atoms. The van der Waals surface area contributed by atoms with Gasteiger partial charge in [-0.2, -0.15) is 4.99 Å². The molecular formula is C25H26N2O2. The van der Waals surface area contributed by atoms with Crippen molar-refractivity contribution >= 4 is 11.7 Å². The van der Waals surface area contributed by atoms with Gasteiger partial charge in [0.1, 0.15) is 5.54 Å². The lowest BCUT2D eigenvalue weighted by molar-refractivity contribution is -0.124. The monoisotopic (exact) mass is 386 g/mol. The number of amides is 1. The Kier molecular flexibility index (Phi) is 4.70. The number of aliphatic imine (C=N–C) groups is 1. The molecule has 1 amide bonds. The number of carbonyl (C=O) groups is 1. The van der Waals surface area contributed by atoms with Crippen LogP contribution >= 0.6 is 0 Å². The minimum Gasteiger partial charge on any atom is -0.489 e. The third-order valence-corrected chi connectivity index (χ3v) is 6.08.